The number of halogens is 1. The Balaban J connectivity index is 2.83. The highest BCUT2D eigenvalue weighted by atomic mass is 79.9. The predicted molar refractivity (Wildman–Crippen MR) is 61.7 cm³/mol. The second-order valence-corrected chi connectivity index (χ2v) is 4.05. The third kappa shape index (κ3) is 3.89. The van der Waals surface area contributed by atoms with E-state index in [1.807, 2.05) is 24.3 Å². The van der Waals surface area contributed by atoms with Crippen molar-refractivity contribution in [3.8, 4) is 0 Å². The molecule has 0 heterocycles. The lowest BCUT2D eigenvalue weighted by molar-refractivity contribution is 0.189. The first-order chi connectivity index (χ1) is 7.13. The van der Waals surface area contributed by atoms with Gasteiger partial charge in [0.05, 0.1) is 6.04 Å². The minimum atomic E-state index is -1.03. The van der Waals surface area contributed by atoms with Gasteiger partial charge in [0.2, 0.25) is 0 Å². The molecule has 0 aromatic heterocycles. The number of benzene rings is 1. The lowest BCUT2D eigenvalue weighted by atomic mass is 10.0. The highest BCUT2D eigenvalue weighted by Crippen LogP contribution is 2.20. The molecule has 0 aliphatic heterocycles. The molecule has 4 nitrogen and oxygen atoms in total. The minimum absolute atomic E-state index is 0.245. The molecule has 0 radical (unpaired) electrons. The summed E-state index contributed by atoms with van der Waals surface area (Å²) in [7, 11) is 0. The van der Waals surface area contributed by atoms with Crippen LogP contribution in [0.4, 0.5) is 4.79 Å². The van der Waals surface area contributed by atoms with Gasteiger partial charge in [-0.3, -0.25) is 0 Å². The maximum atomic E-state index is 10.6. The maximum absolute atomic E-state index is 10.6. The summed E-state index contributed by atoms with van der Waals surface area (Å²) in [5.41, 5.74) is 6.35. The molecule has 15 heavy (non-hydrogen) atoms. The summed E-state index contributed by atoms with van der Waals surface area (Å²) < 4.78 is 0.925. The number of carboxylic acid groups (broad SMARTS) is 1. The van der Waals surface area contributed by atoms with Gasteiger partial charge in [-0.05, 0) is 30.7 Å². The predicted octanol–water partition coefficient (Wildman–Crippen LogP) is 2.11. The fraction of sp³-hybridized carbons (Fsp3) is 0.300. The van der Waals surface area contributed by atoms with Crippen molar-refractivity contribution in [3.05, 3.63) is 34.3 Å². The van der Waals surface area contributed by atoms with E-state index < -0.39 is 6.09 Å². The zero-order valence-corrected chi connectivity index (χ0v) is 9.70. The van der Waals surface area contributed by atoms with E-state index in [0.717, 1.165) is 10.0 Å². The zero-order valence-electron chi connectivity index (χ0n) is 8.11. The van der Waals surface area contributed by atoms with Crippen molar-refractivity contribution in [1.29, 1.82) is 0 Å². The standard InChI is InChI=1S/C10H13BrN2O2/c11-8-3-1-2-7(6-8)9(4-5-12)13-10(14)15/h1-3,6,9,13H,4-5,12H2,(H,14,15)/t9-/m1/s1. The second-order valence-electron chi connectivity index (χ2n) is 3.13. The Morgan fingerprint density at radius 1 is 1.60 bits per heavy atom. The molecule has 0 unspecified atom stereocenters. The van der Waals surface area contributed by atoms with Crippen molar-refractivity contribution in [2.24, 2.45) is 5.73 Å². The summed E-state index contributed by atoms with van der Waals surface area (Å²) in [4.78, 5) is 10.6. The summed E-state index contributed by atoms with van der Waals surface area (Å²) in [6.07, 6.45) is -0.448. The van der Waals surface area contributed by atoms with Crippen LogP contribution in [0, 0.1) is 0 Å². The van der Waals surface area contributed by atoms with Gasteiger partial charge in [-0.2, -0.15) is 0 Å². The molecule has 82 valence electrons. The summed E-state index contributed by atoms with van der Waals surface area (Å²) in [6.45, 7) is 0.442. The van der Waals surface area contributed by atoms with Gasteiger partial charge in [0.1, 0.15) is 0 Å². The Morgan fingerprint density at radius 3 is 2.87 bits per heavy atom. The van der Waals surface area contributed by atoms with E-state index >= 15 is 0 Å². The van der Waals surface area contributed by atoms with E-state index in [4.69, 9.17) is 10.8 Å². The van der Waals surface area contributed by atoms with Gasteiger partial charge in [0.15, 0.2) is 0 Å². The smallest absolute Gasteiger partial charge is 0.405 e. The average Bonchev–Trinajstić information content (AvgIpc) is 2.16. The monoisotopic (exact) mass is 272 g/mol. The van der Waals surface area contributed by atoms with E-state index in [2.05, 4.69) is 21.2 Å². The summed E-state index contributed by atoms with van der Waals surface area (Å²) >= 11 is 3.34. The molecule has 1 aromatic rings. The van der Waals surface area contributed by atoms with Crippen LogP contribution in [0.1, 0.15) is 18.0 Å². The minimum Gasteiger partial charge on any atom is -0.465 e. The molecular formula is C10H13BrN2O2. The van der Waals surface area contributed by atoms with Gasteiger partial charge in [-0.15, -0.1) is 0 Å². The van der Waals surface area contributed by atoms with Crippen LogP contribution in [0.3, 0.4) is 0 Å². The summed E-state index contributed by atoms with van der Waals surface area (Å²) in [6, 6.07) is 7.28. The van der Waals surface area contributed by atoms with Gasteiger partial charge in [-0.1, -0.05) is 28.1 Å². The molecule has 0 saturated carbocycles. The van der Waals surface area contributed by atoms with Crippen molar-refractivity contribution < 1.29 is 9.90 Å². The highest BCUT2D eigenvalue weighted by molar-refractivity contribution is 9.10. The van der Waals surface area contributed by atoms with E-state index in [-0.39, 0.29) is 6.04 Å². The molecule has 0 spiro atoms. The van der Waals surface area contributed by atoms with Crippen molar-refractivity contribution >= 4 is 22.0 Å². The van der Waals surface area contributed by atoms with Crippen LogP contribution in [0.15, 0.2) is 28.7 Å². The van der Waals surface area contributed by atoms with Gasteiger partial charge < -0.3 is 16.2 Å². The average molecular weight is 273 g/mol. The molecule has 0 aliphatic rings. The van der Waals surface area contributed by atoms with Crippen LogP contribution in [-0.2, 0) is 0 Å². The molecule has 1 aromatic carbocycles. The van der Waals surface area contributed by atoms with E-state index in [0.29, 0.717) is 13.0 Å². The first-order valence-corrected chi connectivity index (χ1v) is 5.37. The number of nitrogens with one attached hydrogen (secondary N) is 1. The molecule has 5 heteroatoms. The summed E-state index contributed by atoms with van der Waals surface area (Å²) in [5.74, 6) is 0. The Bertz CT molecular complexity index is 344. The van der Waals surface area contributed by atoms with Crippen LogP contribution in [0.2, 0.25) is 0 Å². The van der Waals surface area contributed by atoms with E-state index in [1.54, 1.807) is 0 Å². The molecule has 1 atom stereocenters. The lowest BCUT2D eigenvalue weighted by Gasteiger charge is -2.16. The first-order valence-electron chi connectivity index (χ1n) is 4.58. The number of rotatable bonds is 4. The van der Waals surface area contributed by atoms with Crippen molar-refractivity contribution in [3.63, 3.8) is 0 Å². The van der Waals surface area contributed by atoms with Crippen molar-refractivity contribution in [2.45, 2.75) is 12.5 Å². The maximum Gasteiger partial charge on any atom is 0.405 e. The van der Waals surface area contributed by atoms with Gasteiger partial charge in [-0.25, -0.2) is 4.79 Å². The number of nitrogens with two attached hydrogens (primary N) is 1. The molecule has 1 rings (SSSR count). The number of amides is 1. The molecular weight excluding hydrogens is 260 g/mol. The largest absolute Gasteiger partial charge is 0.465 e. The fourth-order valence-electron chi connectivity index (χ4n) is 1.36. The Morgan fingerprint density at radius 2 is 2.33 bits per heavy atom. The lowest BCUT2D eigenvalue weighted by Crippen LogP contribution is -2.28. The Labute approximate surface area is 96.6 Å². The topological polar surface area (TPSA) is 75.3 Å². The number of carbonyl (C=O) groups is 1. The van der Waals surface area contributed by atoms with Crippen molar-refractivity contribution in [1.82, 2.24) is 5.32 Å². The van der Waals surface area contributed by atoms with Crippen molar-refractivity contribution in [2.75, 3.05) is 6.54 Å². The first kappa shape index (κ1) is 12.0. The summed E-state index contributed by atoms with van der Waals surface area (Å²) in [5, 5.41) is 11.1. The zero-order chi connectivity index (χ0) is 11.3. The van der Waals surface area contributed by atoms with Crippen LogP contribution in [0.25, 0.3) is 0 Å². The highest BCUT2D eigenvalue weighted by Gasteiger charge is 2.12. The van der Waals surface area contributed by atoms with E-state index in [9.17, 15) is 4.79 Å². The van der Waals surface area contributed by atoms with Gasteiger partial charge in [0.25, 0.3) is 0 Å². The van der Waals surface area contributed by atoms with Crippen LogP contribution >= 0.6 is 15.9 Å². The molecule has 0 aliphatic carbocycles. The number of hydrogen-bond acceptors (Lipinski definition) is 2. The van der Waals surface area contributed by atoms with Gasteiger partial charge in [0, 0.05) is 4.47 Å². The molecule has 1 amide bonds. The normalized spacial score (nSPS) is 12.1. The van der Waals surface area contributed by atoms with Gasteiger partial charge >= 0.3 is 6.09 Å². The molecule has 0 fully saturated rings. The third-order valence-corrected chi connectivity index (χ3v) is 2.50. The van der Waals surface area contributed by atoms with Crippen LogP contribution in [-0.4, -0.2) is 17.7 Å². The van der Waals surface area contributed by atoms with E-state index in [1.165, 1.54) is 0 Å². The molecule has 4 N–H and O–H groups in total. The second kappa shape index (κ2) is 5.72. The quantitative estimate of drug-likeness (QED) is 0.786. The number of hydrogen-bond donors (Lipinski definition) is 3. The SMILES string of the molecule is NCC[C@@H](NC(=O)O)c1cccc(Br)c1. The molecule has 0 saturated heterocycles. The van der Waals surface area contributed by atoms with Crippen LogP contribution in [0.5, 0.6) is 0 Å². The fourth-order valence-corrected chi connectivity index (χ4v) is 1.78. The third-order valence-electron chi connectivity index (χ3n) is 2.00. The molecule has 0 bridgehead atoms. The Kier molecular flexibility index (Phi) is 4.58. The Hall–Kier alpha value is -1.07. The van der Waals surface area contributed by atoms with Crippen LogP contribution < -0.4 is 11.1 Å².